The molecule has 2 aromatic rings. The smallest absolute Gasteiger partial charge is 0.227 e. The van der Waals surface area contributed by atoms with Gasteiger partial charge >= 0.3 is 0 Å². The predicted octanol–water partition coefficient (Wildman–Crippen LogP) is 2.41. The van der Waals surface area contributed by atoms with E-state index in [1.807, 2.05) is 18.2 Å². The summed E-state index contributed by atoms with van der Waals surface area (Å²) in [6, 6.07) is 5.52. The molecule has 1 fully saturated rings. The van der Waals surface area contributed by atoms with Crippen LogP contribution in [0, 0.1) is 5.41 Å². The van der Waals surface area contributed by atoms with Gasteiger partial charge in [0.2, 0.25) is 17.6 Å². The van der Waals surface area contributed by atoms with E-state index in [1.54, 1.807) is 6.20 Å². The third kappa shape index (κ3) is 6.23. The van der Waals surface area contributed by atoms with E-state index in [4.69, 9.17) is 4.52 Å². The molecule has 0 radical (unpaired) electrons. The number of halogens is 2. The quantitative estimate of drug-likeness (QED) is 0.771. The van der Waals surface area contributed by atoms with E-state index in [9.17, 15) is 4.79 Å². The third-order valence-electron chi connectivity index (χ3n) is 4.45. The summed E-state index contributed by atoms with van der Waals surface area (Å²) in [4.78, 5) is 20.5. The number of nitrogens with one attached hydrogen (secondary N) is 2. The van der Waals surface area contributed by atoms with E-state index < -0.39 is 0 Å². The largest absolute Gasteiger partial charge is 0.356 e. The molecule has 3 heterocycles. The molecule has 0 bridgehead atoms. The van der Waals surface area contributed by atoms with E-state index in [0.717, 1.165) is 32.5 Å². The number of nitrogens with zero attached hydrogens (tertiary/aromatic N) is 3. The van der Waals surface area contributed by atoms with E-state index in [1.165, 1.54) is 0 Å². The lowest BCUT2D eigenvalue weighted by Crippen LogP contribution is -2.42. The van der Waals surface area contributed by atoms with Crippen molar-refractivity contribution in [1.82, 2.24) is 25.8 Å². The molecule has 26 heavy (non-hydrogen) atoms. The van der Waals surface area contributed by atoms with Crippen LogP contribution in [0.25, 0.3) is 11.5 Å². The Labute approximate surface area is 165 Å². The lowest BCUT2D eigenvalue weighted by Gasteiger charge is -2.34. The first-order valence-corrected chi connectivity index (χ1v) is 8.36. The molecule has 7 nitrogen and oxygen atoms in total. The number of amides is 1. The van der Waals surface area contributed by atoms with Gasteiger partial charge in [-0.05, 0) is 43.5 Å². The van der Waals surface area contributed by atoms with Crippen molar-refractivity contribution in [2.75, 3.05) is 19.6 Å². The van der Waals surface area contributed by atoms with Gasteiger partial charge in [0, 0.05) is 25.6 Å². The normalized spacial score (nSPS) is 15.4. The van der Waals surface area contributed by atoms with Crippen molar-refractivity contribution in [1.29, 1.82) is 0 Å². The first-order chi connectivity index (χ1) is 11.6. The number of aryl methyl sites for hydroxylation is 1. The highest BCUT2D eigenvalue weighted by atomic mass is 35.5. The Morgan fingerprint density at radius 3 is 2.77 bits per heavy atom. The number of pyridine rings is 1. The molecule has 0 aliphatic carbocycles. The second kappa shape index (κ2) is 10.4. The van der Waals surface area contributed by atoms with Crippen molar-refractivity contribution >= 4 is 30.7 Å². The fraction of sp³-hybridized carbons (Fsp3) is 0.529. The van der Waals surface area contributed by atoms with Crippen LogP contribution in [-0.2, 0) is 11.2 Å². The van der Waals surface area contributed by atoms with E-state index in [-0.39, 0.29) is 36.1 Å². The van der Waals surface area contributed by atoms with Crippen LogP contribution in [-0.4, -0.2) is 40.7 Å². The fourth-order valence-corrected chi connectivity index (χ4v) is 2.78. The van der Waals surface area contributed by atoms with Crippen molar-refractivity contribution in [3.05, 3.63) is 30.3 Å². The van der Waals surface area contributed by atoms with Gasteiger partial charge in [-0.25, -0.2) is 0 Å². The molecule has 1 saturated heterocycles. The molecular weight excluding hydrogens is 377 g/mol. The first-order valence-electron chi connectivity index (χ1n) is 8.36. The van der Waals surface area contributed by atoms with Crippen LogP contribution in [0.5, 0.6) is 0 Å². The molecule has 0 aromatic carbocycles. The van der Waals surface area contributed by atoms with Gasteiger partial charge in [-0.1, -0.05) is 18.1 Å². The standard InChI is InChI=1S/C17H23N5O2.2ClH/c1-17(7-10-18-11-8-17)12-20-14(23)5-6-15-21-16(22-24-15)13-4-2-3-9-19-13;;/h2-4,9,18H,5-8,10-12H2,1H3,(H,20,23);2*1H. The maximum Gasteiger partial charge on any atom is 0.227 e. The van der Waals surface area contributed by atoms with Crippen molar-refractivity contribution in [2.24, 2.45) is 5.41 Å². The van der Waals surface area contributed by atoms with Gasteiger partial charge in [0.25, 0.3) is 0 Å². The SMILES string of the molecule is CC1(CNC(=O)CCc2nc(-c3ccccn3)no2)CCNCC1.Cl.Cl. The molecule has 1 aliphatic rings. The molecule has 0 atom stereocenters. The third-order valence-corrected chi connectivity index (χ3v) is 4.45. The Kier molecular flexibility index (Phi) is 8.98. The van der Waals surface area contributed by atoms with Crippen molar-refractivity contribution in [3.63, 3.8) is 0 Å². The van der Waals surface area contributed by atoms with Gasteiger partial charge in [-0.15, -0.1) is 24.8 Å². The molecule has 1 aliphatic heterocycles. The summed E-state index contributed by atoms with van der Waals surface area (Å²) < 4.78 is 5.19. The molecule has 1 amide bonds. The average Bonchev–Trinajstić information content (AvgIpc) is 3.09. The second-order valence-corrected chi connectivity index (χ2v) is 6.56. The maximum atomic E-state index is 12.0. The summed E-state index contributed by atoms with van der Waals surface area (Å²) in [6.07, 6.45) is 4.64. The van der Waals surface area contributed by atoms with Crippen LogP contribution in [0.1, 0.15) is 32.1 Å². The van der Waals surface area contributed by atoms with Crippen LogP contribution >= 0.6 is 24.8 Å². The lowest BCUT2D eigenvalue weighted by molar-refractivity contribution is -0.121. The van der Waals surface area contributed by atoms with Gasteiger partial charge < -0.3 is 15.2 Å². The minimum atomic E-state index is 0. The van der Waals surface area contributed by atoms with Gasteiger partial charge in [0.05, 0.1) is 0 Å². The molecular formula is C17H25Cl2N5O2. The Morgan fingerprint density at radius 2 is 2.08 bits per heavy atom. The number of hydrogen-bond acceptors (Lipinski definition) is 6. The topological polar surface area (TPSA) is 92.9 Å². The number of aromatic nitrogens is 3. The second-order valence-electron chi connectivity index (χ2n) is 6.56. The molecule has 3 rings (SSSR count). The summed E-state index contributed by atoms with van der Waals surface area (Å²) >= 11 is 0. The van der Waals surface area contributed by atoms with Gasteiger partial charge in [-0.3, -0.25) is 9.78 Å². The highest BCUT2D eigenvalue weighted by Gasteiger charge is 2.26. The van der Waals surface area contributed by atoms with Gasteiger partial charge in [-0.2, -0.15) is 4.98 Å². The van der Waals surface area contributed by atoms with Crippen LogP contribution < -0.4 is 10.6 Å². The molecule has 144 valence electrons. The average molecular weight is 402 g/mol. The van der Waals surface area contributed by atoms with E-state index in [0.29, 0.717) is 30.3 Å². The number of hydrogen-bond donors (Lipinski definition) is 2. The Balaban J connectivity index is 0.00000169. The van der Waals surface area contributed by atoms with Crippen LogP contribution in [0.3, 0.4) is 0 Å². The highest BCUT2D eigenvalue weighted by molar-refractivity contribution is 5.85. The molecule has 0 spiro atoms. The number of piperidine rings is 1. The zero-order valence-corrected chi connectivity index (χ0v) is 16.4. The number of rotatable bonds is 6. The molecule has 9 heteroatoms. The highest BCUT2D eigenvalue weighted by Crippen LogP contribution is 2.26. The Morgan fingerprint density at radius 1 is 1.31 bits per heavy atom. The number of carbonyl (C=O) groups excluding carboxylic acids is 1. The molecule has 2 aromatic heterocycles. The monoisotopic (exact) mass is 401 g/mol. The minimum Gasteiger partial charge on any atom is -0.356 e. The van der Waals surface area contributed by atoms with E-state index >= 15 is 0 Å². The van der Waals surface area contributed by atoms with Gasteiger partial charge in [0.15, 0.2) is 0 Å². The zero-order chi connectivity index (χ0) is 16.8. The Bertz CT molecular complexity index is 675. The van der Waals surface area contributed by atoms with Crippen molar-refractivity contribution < 1.29 is 9.32 Å². The summed E-state index contributed by atoms with van der Waals surface area (Å²) in [6.45, 7) is 4.98. The van der Waals surface area contributed by atoms with Crippen LogP contribution in [0.15, 0.2) is 28.9 Å². The Hall–Kier alpha value is -1.70. The maximum absolute atomic E-state index is 12.0. The molecule has 2 N–H and O–H groups in total. The summed E-state index contributed by atoms with van der Waals surface area (Å²) in [5.41, 5.74) is 0.855. The van der Waals surface area contributed by atoms with E-state index in [2.05, 4.69) is 32.7 Å². The lowest BCUT2D eigenvalue weighted by atomic mass is 9.81. The number of carbonyl (C=O) groups is 1. The molecule has 0 unspecified atom stereocenters. The summed E-state index contributed by atoms with van der Waals surface area (Å²) in [5.74, 6) is 0.930. The predicted molar refractivity (Wildman–Crippen MR) is 104 cm³/mol. The molecule has 0 saturated carbocycles. The van der Waals surface area contributed by atoms with Crippen LogP contribution in [0.2, 0.25) is 0 Å². The fourth-order valence-electron chi connectivity index (χ4n) is 2.78. The zero-order valence-electron chi connectivity index (χ0n) is 14.7. The van der Waals surface area contributed by atoms with Crippen LogP contribution in [0.4, 0.5) is 0 Å². The van der Waals surface area contributed by atoms with Crippen molar-refractivity contribution in [2.45, 2.75) is 32.6 Å². The summed E-state index contributed by atoms with van der Waals surface area (Å²) in [5, 5.41) is 10.3. The minimum absolute atomic E-state index is 0. The van der Waals surface area contributed by atoms with Crippen molar-refractivity contribution in [3.8, 4) is 11.5 Å². The summed E-state index contributed by atoms with van der Waals surface area (Å²) in [7, 11) is 0. The first kappa shape index (κ1) is 22.3. The van der Waals surface area contributed by atoms with Gasteiger partial charge in [0.1, 0.15) is 5.69 Å².